The molecule has 0 saturated heterocycles. The molecule has 1 amide bonds. The summed E-state index contributed by atoms with van der Waals surface area (Å²) in [7, 11) is 1.79. The van der Waals surface area contributed by atoms with Crippen LogP contribution >= 0.6 is 0 Å². The first kappa shape index (κ1) is 12.0. The van der Waals surface area contributed by atoms with Gasteiger partial charge in [-0.3, -0.25) is 4.79 Å². The van der Waals surface area contributed by atoms with Crippen molar-refractivity contribution in [2.24, 2.45) is 0 Å². The van der Waals surface area contributed by atoms with Crippen LogP contribution < -0.4 is 4.90 Å². The molecule has 2 aromatic carbocycles. The molecule has 0 radical (unpaired) electrons. The molecule has 0 N–H and O–H groups in total. The average Bonchev–Trinajstić information content (AvgIpc) is 3.02. The van der Waals surface area contributed by atoms with E-state index < -0.39 is 0 Å². The number of para-hydroxylation sites is 2. The summed E-state index contributed by atoms with van der Waals surface area (Å²) in [6.07, 6.45) is 1.82. The molecule has 0 spiro atoms. The number of hydrogen-bond acceptors (Lipinski definition) is 2. The molecule has 102 valence electrons. The molecule has 1 aliphatic heterocycles. The Kier molecular flexibility index (Phi) is 2.48. The minimum atomic E-state index is -0.00310. The summed E-state index contributed by atoms with van der Waals surface area (Å²) in [4.78, 5) is 14.1. The molecule has 0 aliphatic carbocycles. The van der Waals surface area contributed by atoms with Gasteiger partial charge in [-0.15, -0.1) is 0 Å². The average molecular weight is 275 g/mol. The van der Waals surface area contributed by atoms with Crippen molar-refractivity contribution in [2.75, 3.05) is 11.9 Å². The van der Waals surface area contributed by atoms with Crippen molar-refractivity contribution in [2.45, 2.75) is 0 Å². The van der Waals surface area contributed by atoms with Gasteiger partial charge < -0.3 is 9.32 Å². The molecule has 1 aromatic heterocycles. The van der Waals surface area contributed by atoms with Gasteiger partial charge in [-0.05, 0) is 24.3 Å². The van der Waals surface area contributed by atoms with E-state index in [0.29, 0.717) is 11.3 Å². The van der Waals surface area contributed by atoms with Gasteiger partial charge in [0.2, 0.25) is 0 Å². The maximum Gasteiger partial charge on any atom is 0.258 e. The fourth-order valence-electron chi connectivity index (χ4n) is 2.75. The van der Waals surface area contributed by atoms with Crippen LogP contribution in [-0.4, -0.2) is 13.0 Å². The molecule has 1 aliphatic rings. The fourth-order valence-corrected chi connectivity index (χ4v) is 2.75. The van der Waals surface area contributed by atoms with Gasteiger partial charge in [0.15, 0.2) is 0 Å². The van der Waals surface area contributed by atoms with E-state index in [1.54, 1.807) is 11.9 Å². The van der Waals surface area contributed by atoms with Crippen LogP contribution in [0.15, 0.2) is 59.0 Å². The van der Waals surface area contributed by atoms with Crippen molar-refractivity contribution >= 4 is 34.2 Å². The number of anilines is 1. The first-order chi connectivity index (χ1) is 10.2. The van der Waals surface area contributed by atoms with Gasteiger partial charge >= 0.3 is 0 Å². The molecule has 2 heterocycles. The quantitative estimate of drug-likeness (QED) is 0.630. The van der Waals surface area contributed by atoms with Crippen molar-refractivity contribution in [3.05, 3.63) is 65.9 Å². The largest absolute Gasteiger partial charge is 0.457 e. The van der Waals surface area contributed by atoms with Crippen LogP contribution in [0.25, 0.3) is 22.6 Å². The number of likely N-dealkylation sites (N-methyl/N-ethyl adjacent to an activating group) is 1. The predicted octanol–water partition coefficient (Wildman–Crippen LogP) is 3.95. The Morgan fingerprint density at radius 2 is 1.81 bits per heavy atom. The zero-order valence-corrected chi connectivity index (χ0v) is 11.5. The zero-order valence-electron chi connectivity index (χ0n) is 11.5. The lowest BCUT2D eigenvalue weighted by atomic mass is 10.1. The SMILES string of the molecule is CN1C(=O)/C(=C/c2cc3ccccc3o2)c2ccccc21. The number of nitrogens with zero attached hydrogens (tertiary/aromatic N) is 1. The van der Waals surface area contributed by atoms with Gasteiger partial charge in [-0.25, -0.2) is 0 Å². The number of furan rings is 1. The molecule has 3 aromatic rings. The van der Waals surface area contributed by atoms with Gasteiger partial charge in [0.25, 0.3) is 5.91 Å². The Balaban J connectivity index is 1.87. The van der Waals surface area contributed by atoms with E-state index in [9.17, 15) is 4.79 Å². The molecule has 0 bridgehead atoms. The number of rotatable bonds is 1. The molecule has 3 nitrogen and oxygen atoms in total. The molecular weight excluding hydrogens is 262 g/mol. The first-order valence-electron chi connectivity index (χ1n) is 6.82. The normalized spacial score (nSPS) is 16.0. The summed E-state index contributed by atoms with van der Waals surface area (Å²) in [5.74, 6) is 0.696. The summed E-state index contributed by atoms with van der Waals surface area (Å²) in [5, 5.41) is 1.04. The summed E-state index contributed by atoms with van der Waals surface area (Å²) in [6.45, 7) is 0. The number of carbonyl (C=O) groups excluding carboxylic acids is 1. The van der Waals surface area contributed by atoms with Gasteiger partial charge in [-0.1, -0.05) is 36.4 Å². The Bertz CT molecular complexity index is 856. The second-order valence-electron chi connectivity index (χ2n) is 5.13. The lowest BCUT2D eigenvalue weighted by molar-refractivity contribution is -0.112. The highest BCUT2D eigenvalue weighted by molar-refractivity contribution is 6.35. The Hall–Kier alpha value is -2.81. The molecule has 0 atom stereocenters. The minimum absolute atomic E-state index is 0.00310. The molecule has 0 fully saturated rings. The van der Waals surface area contributed by atoms with Crippen LogP contribution in [0.4, 0.5) is 5.69 Å². The standard InChI is InChI=1S/C18H13NO2/c1-19-16-8-4-3-7-14(16)15(18(19)20)11-13-10-12-6-2-5-9-17(12)21-13/h2-11H,1H3/b15-11+. The van der Waals surface area contributed by atoms with E-state index >= 15 is 0 Å². The number of hydrogen-bond donors (Lipinski definition) is 0. The van der Waals surface area contributed by atoms with Crippen molar-refractivity contribution in [3.63, 3.8) is 0 Å². The van der Waals surface area contributed by atoms with Gasteiger partial charge in [0.05, 0.1) is 11.3 Å². The van der Waals surface area contributed by atoms with Crippen LogP contribution in [0.3, 0.4) is 0 Å². The molecule has 4 rings (SSSR count). The Morgan fingerprint density at radius 3 is 2.67 bits per heavy atom. The molecular formula is C18H13NO2. The fraction of sp³-hybridized carbons (Fsp3) is 0.0556. The highest BCUT2D eigenvalue weighted by Crippen LogP contribution is 2.36. The predicted molar refractivity (Wildman–Crippen MR) is 83.9 cm³/mol. The number of benzene rings is 2. The minimum Gasteiger partial charge on any atom is -0.457 e. The van der Waals surface area contributed by atoms with Crippen molar-refractivity contribution in [1.29, 1.82) is 0 Å². The van der Waals surface area contributed by atoms with E-state index in [1.807, 2.05) is 60.7 Å². The number of fused-ring (bicyclic) bond motifs is 2. The third-order valence-electron chi connectivity index (χ3n) is 3.82. The van der Waals surface area contributed by atoms with E-state index in [0.717, 1.165) is 22.2 Å². The van der Waals surface area contributed by atoms with E-state index in [-0.39, 0.29) is 5.91 Å². The maximum atomic E-state index is 12.4. The third kappa shape index (κ3) is 1.78. The smallest absolute Gasteiger partial charge is 0.258 e. The van der Waals surface area contributed by atoms with Crippen LogP contribution in [-0.2, 0) is 4.79 Å². The number of amides is 1. The topological polar surface area (TPSA) is 33.5 Å². The van der Waals surface area contributed by atoms with Crippen LogP contribution in [0.5, 0.6) is 0 Å². The summed E-state index contributed by atoms with van der Waals surface area (Å²) >= 11 is 0. The van der Waals surface area contributed by atoms with Crippen molar-refractivity contribution in [1.82, 2.24) is 0 Å². The molecule has 3 heteroatoms. The van der Waals surface area contributed by atoms with Crippen LogP contribution in [0, 0.1) is 0 Å². The maximum absolute atomic E-state index is 12.4. The van der Waals surface area contributed by atoms with E-state index in [2.05, 4.69) is 0 Å². The lowest BCUT2D eigenvalue weighted by Crippen LogP contribution is -2.20. The summed E-state index contributed by atoms with van der Waals surface area (Å²) < 4.78 is 5.78. The van der Waals surface area contributed by atoms with Gasteiger partial charge in [-0.2, -0.15) is 0 Å². The monoisotopic (exact) mass is 275 g/mol. The van der Waals surface area contributed by atoms with E-state index in [4.69, 9.17) is 4.42 Å². The Labute approximate surface area is 122 Å². The third-order valence-corrected chi connectivity index (χ3v) is 3.82. The van der Waals surface area contributed by atoms with Crippen molar-refractivity contribution in [3.8, 4) is 0 Å². The van der Waals surface area contributed by atoms with Crippen LogP contribution in [0.1, 0.15) is 11.3 Å². The van der Waals surface area contributed by atoms with Crippen molar-refractivity contribution < 1.29 is 9.21 Å². The summed E-state index contributed by atoms with van der Waals surface area (Å²) in [5.41, 5.74) is 3.39. The molecule has 0 unspecified atom stereocenters. The van der Waals surface area contributed by atoms with Gasteiger partial charge in [0, 0.05) is 18.0 Å². The number of carbonyl (C=O) groups is 1. The molecule has 21 heavy (non-hydrogen) atoms. The second-order valence-corrected chi connectivity index (χ2v) is 5.13. The second kappa shape index (κ2) is 4.35. The Morgan fingerprint density at radius 1 is 1.05 bits per heavy atom. The highest BCUT2D eigenvalue weighted by atomic mass is 16.3. The lowest BCUT2D eigenvalue weighted by Gasteiger charge is -2.07. The first-order valence-corrected chi connectivity index (χ1v) is 6.82. The van der Waals surface area contributed by atoms with Crippen LogP contribution in [0.2, 0.25) is 0 Å². The highest BCUT2D eigenvalue weighted by Gasteiger charge is 2.29. The summed E-state index contributed by atoms with van der Waals surface area (Å²) in [6, 6.07) is 17.6. The van der Waals surface area contributed by atoms with E-state index in [1.165, 1.54) is 0 Å². The zero-order chi connectivity index (χ0) is 14.4. The van der Waals surface area contributed by atoms with Gasteiger partial charge in [0.1, 0.15) is 11.3 Å². The molecule has 0 saturated carbocycles.